The molecule has 0 radical (unpaired) electrons. The summed E-state index contributed by atoms with van der Waals surface area (Å²) >= 11 is 0. The third-order valence-corrected chi connectivity index (χ3v) is 1.43. The molecule has 0 aliphatic rings. The predicted molar refractivity (Wildman–Crippen MR) is 55.4 cm³/mol. The van der Waals surface area contributed by atoms with Gasteiger partial charge in [0.15, 0.2) is 11.8 Å². The van der Waals surface area contributed by atoms with Crippen LogP contribution < -0.4 is 0 Å². The average molecular weight is 184 g/mol. The lowest BCUT2D eigenvalue weighted by Crippen LogP contribution is -2.14. The zero-order chi connectivity index (χ0) is 10.4. The zero-order valence-electron chi connectivity index (χ0n) is 8.98. The van der Waals surface area contributed by atoms with Gasteiger partial charge in [-0.2, -0.15) is 0 Å². The Labute approximate surface area is 80.5 Å². The summed E-state index contributed by atoms with van der Waals surface area (Å²) in [5, 5.41) is 14.9. The fourth-order valence-electron chi connectivity index (χ4n) is 0.974. The monoisotopic (exact) mass is 184 g/mol. The van der Waals surface area contributed by atoms with E-state index in [1.165, 1.54) is 0 Å². The molecule has 0 aliphatic heterocycles. The Kier molecular flexibility index (Phi) is 5.35. The van der Waals surface area contributed by atoms with Crippen molar-refractivity contribution in [3.05, 3.63) is 0 Å². The highest BCUT2D eigenvalue weighted by atomic mass is 16.5. The summed E-state index contributed by atoms with van der Waals surface area (Å²) in [6.07, 6.45) is 1.22. The molecule has 0 atom stereocenters. The number of hydrogen-bond acceptors (Lipinski definition) is 3. The van der Waals surface area contributed by atoms with Gasteiger partial charge in [0.1, 0.15) is 0 Å². The summed E-state index contributed by atoms with van der Waals surface area (Å²) in [4.78, 5) is 0. The van der Waals surface area contributed by atoms with E-state index >= 15 is 0 Å². The van der Waals surface area contributed by atoms with Gasteiger partial charge in [-0.3, -0.25) is 10.8 Å². The van der Waals surface area contributed by atoms with Crippen LogP contribution in [0.2, 0.25) is 0 Å². The SMILES string of the molecule is CC(C)CC(=N)OC(=N)CC(C)C. The number of hydrogen-bond donors (Lipinski definition) is 2. The van der Waals surface area contributed by atoms with Crippen LogP contribution in [0.15, 0.2) is 0 Å². The molecule has 2 N–H and O–H groups in total. The van der Waals surface area contributed by atoms with E-state index in [0.717, 1.165) is 0 Å². The summed E-state index contributed by atoms with van der Waals surface area (Å²) in [6.45, 7) is 8.13. The smallest absolute Gasteiger partial charge is 0.189 e. The highest BCUT2D eigenvalue weighted by molar-refractivity contribution is 5.88. The van der Waals surface area contributed by atoms with E-state index < -0.39 is 0 Å². The van der Waals surface area contributed by atoms with Crippen molar-refractivity contribution in [2.75, 3.05) is 0 Å². The second-order valence-corrected chi connectivity index (χ2v) is 4.14. The first-order chi connectivity index (χ1) is 5.91. The van der Waals surface area contributed by atoms with E-state index in [2.05, 4.69) is 0 Å². The minimum absolute atomic E-state index is 0.209. The summed E-state index contributed by atoms with van der Waals surface area (Å²) in [5.41, 5.74) is 0. The third-order valence-electron chi connectivity index (χ3n) is 1.43. The molecule has 76 valence electrons. The molecule has 0 spiro atoms. The van der Waals surface area contributed by atoms with E-state index in [1.807, 2.05) is 27.7 Å². The molecule has 0 amide bonds. The molecule has 0 heterocycles. The van der Waals surface area contributed by atoms with Crippen molar-refractivity contribution in [1.29, 1.82) is 10.8 Å². The standard InChI is InChI=1S/C10H20N2O/c1-7(2)5-9(11)13-10(12)6-8(3)4/h7-8,11-12H,5-6H2,1-4H3. The first-order valence-corrected chi connectivity index (χ1v) is 4.74. The van der Waals surface area contributed by atoms with Crippen molar-refractivity contribution in [2.45, 2.75) is 40.5 Å². The highest BCUT2D eigenvalue weighted by Gasteiger charge is 2.07. The molecule has 0 aliphatic carbocycles. The molecular weight excluding hydrogens is 164 g/mol. The van der Waals surface area contributed by atoms with Gasteiger partial charge < -0.3 is 4.74 Å². The van der Waals surface area contributed by atoms with Crippen LogP contribution >= 0.6 is 0 Å². The summed E-state index contributed by atoms with van der Waals surface area (Å²) in [6, 6.07) is 0. The van der Waals surface area contributed by atoms with E-state index in [9.17, 15) is 0 Å². The van der Waals surface area contributed by atoms with Crippen LogP contribution in [0.3, 0.4) is 0 Å². The molecule has 0 aromatic rings. The Balaban J connectivity index is 3.72. The average Bonchev–Trinajstić information content (AvgIpc) is 1.80. The zero-order valence-corrected chi connectivity index (χ0v) is 8.98. The number of ether oxygens (including phenoxy) is 1. The van der Waals surface area contributed by atoms with Gasteiger partial charge in [0, 0.05) is 12.8 Å². The topological polar surface area (TPSA) is 56.9 Å². The Morgan fingerprint density at radius 2 is 1.23 bits per heavy atom. The normalized spacial score (nSPS) is 10.6. The van der Waals surface area contributed by atoms with Gasteiger partial charge in [-0.15, -0.1) is 0 Å². The quantitative estimate of drug-likeness (QED) is 0.512. The van der Waals surface area contributed by atoms with Crippen molar-refractivity contribution in [2.24, 2.45) is 11.8 Å². The van der Waals surface area contributed by atoms with Crippen molar-refractivity contribution >= 4 is 11.8 Å². The largest absolute Gasteiger partial charge is 0.430 e. The Hall–Kier alpha value is -0.860. The number of nitrogens with one attached hydrogen (secondary N) is 2. The van der Waals surface area contributed by atoms with Gasteiger partial charge in [0.25, 0.3) is 0 Å². The second-order valence-electron chi connectivity index (χ2n) is 4.14. The molecule has 0 saturated heterocycles. The molecule has 3 heteroatoms. The highest BCUT2D eigenvalue weighted by Crippen LogP contribution is 2.05. The van der Waals surface area contributed by atoms with E-state index in [0.29, 0.717) is 24.7 Å². The maximum Gasteiger partial charge on any atom is 0.189 e. The second kappa shape index (κ2) is 5.73. The van der Waals surface area contributed by atoms with Crippen LogP contribution in [0.5, 0.6) is 0 Å². The van der Waals surface area contributed by atoms with Crippen molar-refractivity contribution in [1.82, 2.24) is 0 Å². The Bertz CT molecular complexity index is 165. The fourth-order valence-corrected chi connectivity index (χ4v) is 0.974. The van der Waals surface area contributed by atoms with Crippen LogP contribution in [0, 0.1) is 22.7 Å². The van der Waals surface area contributed by atoms with Crippen LogP contribution in [-0.4, -0.2) is 11.8 Å². The lowest BCUT2D eigenvalue weighted by Gasteiger charge is -2.10. The molecular formula is C10H20N2O. The van der Waals surface area contributed by atoms with Crippen LogP contribution in [-0.2, 0) is 4.74 Å². The lowest BCUT2D eigenvalue weighted by molar-refractivity contribution is 0.461. The molecule has 0 rings (SSSR count). The minimum Gasteiger partial charge on any atom is -0.430 e. The molecule has 0 aromatic carbocycles. The molecule has 0 fully saturated rings. The van der Waals surface area contributed by atoms with E-state index in [-0.39, 0.29) is 11.8 Å². The van der Waals surface area contributed by atoms with Gasteiger partial charge in [-0.05, 0) is 11.8 Å². The lowest BCUT2D eigenvalue weighted by atomic mass is 10.1. The van der Waals surface area contributed by atoms with E-state index in [1.54, 1.807) is 0 Å². The molecule has 0 saturated carbocycles. The van der Waals surface area contributed by atoms with Gasteiger partial charge >= 0.3 is 0 Å². The van der Waals surface area contributed by atoms with Gasteiger partial charge in [0.05, 0.1) is 0 Å². The summed E-state index contributed by atoms with van der Waals surface area (Å²) in [5.74, 6) is 1.25. The van der Waals surface area contributed by atoms with Gasteiger partial charge in [-0.1, -0.05) is 27.7 Å². The van der Waals surface area contributed by atoms with Crippen molar-refractivity contribution < 1.29 is 4.74 Å². The third kappa shape index (κ3) is 7.50. The minimum atomic E-state index is 0.209. The molecule has 13 heavy (non-hydrogen) atoms. The molecule has 3 nitrogen and oxygen atoms in total. The molecule has 0 aromatic heterocycles. The summed E-state index contributed by atoms with van der Waals surface area (Å²) < 4.78 is 5.04. The first-order valence-electron chi connectivity index (χ1n) is 4.74. The van der Waals surface area contributed by atoms with Crippen molar-refractivity contribution in [3.63, 3.8) is 0 Å². The van der Waals surface area contributed by atoms with Gasteiger partial charge in [0.2, 0.25) is 0 Å². The van der Waals surface area contributed by atoms with Crippen LogP contribution in [0.4, 0.5) is 0 Å². The maximum absolute atomic E-state index is 7.43. The van der Waals surface area contributed by atoms with Crippen LogP contribution in [0.1, 0.15) is 40.5 Å². The fraction of sp³-hybridized carbons (Fsp3) is 0.800. The van der Waals surface area contributed by atoms with Gasteiger partial charge in [-0.25, -0.2) is 0 Å². The predicted octanol–water partition coefficient (Wildman–Crippen LogP) is 3.05. The number of rotatable bonds is 4. The molecule has 0 bridgehead atoms. The Morgan fingerprint density at radius 1 is 0.923 bits per heavy atom. The van der Waals surface area contributed by atoms with Crippen LogP contribution in [0.25, 0.3) is 0 Å². The Morgan fingerprint density at radius 3 is 1.46 bits per heavy atom. The maximum atomic E-state index is 7.43. The van der Waals surface area contributed by atoms with Crippen molar-refractivity contribution in [3.8, 4) is 0 Å². The first kappa shape index (κ1) is 12.1. The molecule has 0 unspecified atom stereocenters. The van der Waals surface area contributed by atoms with E-state index in [4.69, 9.17) is 15.6 Å². The summed E-state index contributed by atoms with van der Waals surface area (Å²) in [7, 11) is 0.